The van der Waals surface area contributed by atoms with Gasteiger partial charge >= 0.3 is 12.1 Å². The van der Waals surface area contributed by atoms with Crippen molar-refractivity contribution in [2.24, 2.45) is 0 Å². The predicted octanol–water partition coefficient (Wildman–Crippen LogP) is 6.45. The Hall–Kier alpha value is -4.12. The molecule has 4 aromatic carbocycles. The molecule has 0 bridgehead atoms. The highest BCUT2D eigenvalue weighted by Crippen LogP contribution is 2.36. The number of fused-ring (bicyclic) bond motifs is 3. The molecule has 34 heavy (non-hydrogen) atoms. The van der Waals surface area contributed by atoms with E-state index in [2.05, 4.69) is 17.4 Å². The molecule has 4 aromatic rings. The lowest BCUT2D eigenvalue weighted by molar-refractivity contribution is -0.136. The highest BCUT2D eigenvalue weighted by atomic mass is 16.6. The zero-order chi connectivity index (χ0) is 24.3. The van der Waals surface area contributed by atoms with Crippen molar-refractivity contribution in [3.63, 3.8) is 0 Å². The number of rotatable bonds is 4. The summed E-state index contributed by atoms with van der Waals surface area (Å²) >= 11 is 0. The molecule has 0 saturated heterocycles. The third-order valence-electron chi connectivity index (χ3n) is 5.37. The largest absolute Gasteiger partial charge is 0.464 e. The van der Waals surface area contributed by atoms with Crippen LogP contribution in [0.2, 0.25) is 0 Å². The highest BCUT2D eigenvalue weighted by Gasteiger charge is 2.26. The minimum atomic E-state index is -0.730. The first kappa shape index (κ1) is 23.1. The van der Waals surface area contributed by atoms with E-state index in [0.29, 0.717) is 5.57 Å². The van der Waals surface area contributed by atoms with Crippen LogP contribution in [0, 0.1) is 0 Å². The second kappa shape index (κ2) is 9.40. The van der Waals surface area contributed by atoms with Gasteiger partial charge in [-0.25, -0.2) is 9.59 Å². The van der Waals surface area contributed by atoms with Gasteiger partial charge in [-0.3, -0.25) is 5.32 Å². The number of carbonyl (C=O) groups excluding carboxylic acids is 2. The standard InChI is InChI=1S/C29H27NO4/c1-29(2,3)34-28(32)30-26(27(31)33-4)25(19-12-6-5-7-13-19)24-18-20-14-8-9-15-21(20)22-16-10-11-17-23(22)24/h5-18H,1-4H3,(H,30,32)/b26-25-. The third kappa shape index (κ3) is 4.79. The molecule has 0 spiro atoms. The summed E-state index contributed by atoms with van der Waals surface area (Å²) in [6, 6.07) is 27.6. The summed E-state index contributed by atoms with van der Waals surface area (Å²) in [6.07, 6.45) is -0.730. The Balaban J connectivity index is 2.07. The lowest BCUT2D eigenvalue weighted by Crippen LogP contribution is -2.35. The fourth-order valence-corrected chi connectivity index (χ4v) is 4.02. The number of carbonyl (C=O) groups is 2. The Morgan fingerprint density at radius 2 is 1.35 bits per heavy atom. The molecule has 5 heteroatoms. The van der Waals surface area contributed by atoms with E-state index in [4.69, 9.17) is 9.47 Å². The third-order valence-corrected chi connectivity index (χ3v) is 5.37. The van der Waals surface area contributed by atoms with Crippen LogP contribution >= 0.6 is 0 Å². The summed E-state index contributed by atoms with van der Waals surface area (Å²) in [4.78, 5) is 25.8. The van der Waals surface area contributed by atoms with Crippen LogP contribution < -0.4 is 5.32 Å². The van der Waals surface area contributed by atoms with Crippen molar-refractivity contribution < 1.29 is 19.1 Å². The van der Waals surface area contributed by atoms with Gasteiger partial charge in [0.2, 0.25) is 0 Å². The van der Waals surface area contributed by atoms with E-state index in [-0.39, 0.29) is 5.70 Å². The summed E-state index contributed by atoms with van der Waals surface area (Å²) < 4.78 is 10.6. The minimum Gasteiger partial charge on any atom is -0.464 e. The Bertz CT molecular complexity index is 1400. The van der Waals surface area contributed by atoms with Crippen LogP contribution in [0.1, 0.15) is 31.9 Å². The van der Waals surface area contributed by atoms with Crippen molar-refractivity contribution in [3.8, 4) is 0 Å². The summed E-state index contributed by atoms with van der Waals surface area (Å²) in [7, 11) is 1.29. The number of nitrogens with one attached hydrogen (secondary N) is 1. The van der Waals surface area contributed by atoms with E-state index in [0.717, 1.165) is 32.7 Å². The molecule has 0 aliphatic heterocycles. The van der Waals surface area contributed by atoms with Gasteiger partial charge in [-0.15, -0.1) is 0 Å². The summed E-state index contributed by atoms with van der Waals surface area (Å²) in [5.74, 6) is -0.665. The van der Waals surface area contributed by atoms with Crippen molar-refractivity contribution in [1.29, 1.82) is 0 Å². The predicted molar refractivity (Wildman–Crippen MR) is 135 cm³/mol. The minimum absolute atomic E-state index is 0.0170. The molecule has 1 amide bonds. The van der Waals surface area contributed by atoms with Crippen molar-refractivity contribution in [2.45, 2.75) is 26.4 Å². The summed E-state index contributed by atoms with van der Waals surface area (Å²) in [5.41, 5.74) is 1.41. The molecular weight excluding hydrogens is 426 g/mol. The molecule has 1 N–H and O–H groups in total. The molecule has 0 saturated carbocycles. The first-order chi connectivity index (χ1) is 16.3. The molecule has 0 atom stereocenters. The number of hydrogen-bond donors (Lipinski definition) is 1. The summed E-state index contributed by atoms with van der Waals surface area (Å²) in [6.45, 7) is 5.30. The average molecular weight is 454 g/mol. The first-order valence-corrected chi connectivity index (χ1v) is 11.1. The van der Waals surface area contributed by atoms with Crippen LogP contribution in [0.3, 0.4) is 0 Å². The Morgan fingerprint density at radius 3 is 2.00 bits per heavy atom. The van der Waals surface area contributed by atoms with Crippen molar-refractivity contribution >= 4 is 39.2 Å². The molecule has 0 fully saturated rings. The van der Waals surface area contributed by atoms with E-state index in [1.807, 2.05) is 72.8 Å². The second-order valence-electron chi connectivity index (χ2n) is 8.93. The zero-order valence-electron chi connectivity index (χ0n) is 19.7. The quantitative estimate of drug-likeness (QED) is 0.219. The van der Waals surface area contributed by atoms with Crippen molar-refractivity contribution in [1.82, 2.24) is 5.32 Å². The van der Waals surface area contributed by atoms with Gasteiger partial charge in [0.1, 0.15) is 11.3 Å². The van der Waals surface area contributed by atoms with Gasteiger partial charge in [-0.1, -0.05) is 78.9 Å². The molecule has 0 aromatic heterocycles. The zero-order valence-corrected chi connectivity index (χ0v) is 19.7. The van der Waals surface area contributed by atoms with Crippen LogP contribution in [0.15, 0.2) is 90.6 Å². The normalized spacial score (nSPS) is 12.2. The number of methoxy groups -OCH3 is 1. The number of hydrogen-bond acceptors (Lipinski definition) is 4. The SMILES string of the molecule is COC(=O)/C(NC(=O)OC(C)(C)C)=C(\c1ccccc1)c1cc2ccccc2c2ccccc12. The van der Waals surface area contributed by atoms with Crippen LogP contribution in [-0.4, -0.2) is 24.8 Å². The van der Waals surface area contributed by atoms with Crippen LogP contribution in [-0.2, 0) is 14.3 Å². The maximum atomic E-state index is 13.1. The lowest BCUT2D eigenvalue weighted by atomic mass is 9.88. The summed E-state index contributed by atoms with van der Waals surface area (Å²) in [5, 5.41) is 6.80. The van der Waals surface area contributed by atoms with Gasteiger partial charge in [-0.05, 0) is 59.5 Å². The van der Waals surface area contributed by atoms with E-state index in [9.17, 15) is 9.59 Å². The number of alkyl carbamates (subject to hydrolysis) is 1. The van der Waals surface area contributed by atoms with E-state index in [1.54, 1.807) is 20.8 Å². The average Bonchev–Trinajstić information content (AvgIpc) is 2.82. The van der Waals surface area contributed by atoms with Gasteiger partial charge in [0.25, 0.3) is 0 Å². The molecule has 5 nitrogen and oxygen atoms in total. The van der Waals surface area contributed by atoms with Gasteiger partial charge in [0.05, 0.1) is 7.11 Å². The number of ether oxygens (including phenoxy) is 2. The monoisotopic (exact) mass is 453 g/mol. The van der Waals surface area contributed by atoms with Crippen molar-refractivity contribution in [3.05, 3.63) is 102 Å². The number of esters is 1. The Kier molecular flexibility index (Phi) is 6.37. The van der Waals surface area contributed by atoms with E-state index in [1.165, 1.54) is 7.11 Å². The van der Waals surface area contributed by atoms with E-state index < -0.39 is 17.7 Å². The first-order valence-electron chi connectivity index (χ1n) is 11.1. The van der Waals surface area contributed by atoms with Crippen LogP contribution in [0.4, 0.5) is 4.79 Å². The highest BCUT2D eigenvalue weighted by molar-refractivity contribution is 6.15. The van der Waals surface area contributed by atoms with Crippen molar-refractivity contribution in [2.75, 3.05) is 7.11 Å². The maximum Gasteiger partial charge on any atom is 0.412 e. The molecular formula is C29H27NO4. The smallest absolute Gasteiger partial charge is 0.412 e. The molecule has 0 unspecified atom stereocenters. The molecule has 0 radical (unpaired) electrons. The maximum absolute atomic E-state index is 13.1. The van der Waals surface area contributed by atoms with Gasteiger partial charge in [0.15, 0.2) is 0 Å². The molecule has 172 valence electrons. The molecule has 0 heterocycles. The number of amides is 1. The van der Waals surface area contributed by atoms with Gasteiger partial charge < -0.3 is 9.47 Å². The van der Waals surface area contributed by atoms with Crippen LogP contribution in [0.5, 0.6) is 0 Å². The Labute approximate surface area is 199 Å². The molecule has 0 aliphatic carbocycles. The van der Waals surface area contributed by atoms with Gasteiger partial charge in [0, 0.05) is 5.57 Å². The lowest BCUT2D eigenvalue weighted by Gasteiger charge is -2.22. The topological polar surface area (TPSA) is 64.6 Å². The second-order valence-corrected chi connectivity index (χ2v) is 8.93. The Morgan fingerprint density at radius 1 is 0.765 bits per heavy atom. The number of benzene rings is 4. The fourth-order valence-electron chi connectivity index (χ4n) is 4.02. The van der Waals surface area contributed by atoms with Gasteiger partial charge in [-0.2, -0.15) is 0 Å². The van der Waals surface area contributed by atoms with Crippen LogP contribution in [0.25, 0.3) is 27.1 Å². The molecule has 4 rings (SSSR count). The molecule has 0 aliphatic rings. The fraction of sp³-hybridized carbons (Fsp3) is 0.172. The van der Waals surface area contributed by atoms with E-state index >= 15 is 0 Å².